The minimum Gasteiger partial charge on any atom is -0.381 e. The summed E-state index contributed by atoms with van der Waals surface area (Å²) in [6, 6.07) is 0. The van der Waals surface area contributed by atoms with Crippen molar-refractivity contribution in [2.45, 2.75) is 41.0 Å². The minimum atomic E-state index is 0.221. The maximum atomic E-state index is 5.99. The fraction of sp³-hybridized carbons (Fsp3) is 1.00. The largest absolute Gasteiger partial charge is 0.381 e. The summed E-state index contributed by atoms with van der Waals surface area (Å²) in [5.41, 5.74) is 0.221. The van der Waals surface area contributed by atoms with Crippen LogP contribution < -0.4 is 0 Å². The number of halogens is 1. The van der Waals surface area contributed by atoms with Crippen LogP contribution in [0, 0.1) is 17.3 Å². The highest BCUT2D eigenvalue weighted by atomic mass is 35.5. The lowest BCUT2D eigenvalue weighted by molar-refractivity contribution is 0.0733. The van der Waals surface area contributed by atoms with Crippen LogP contribution in [0.15, 0.2) is 0 Å². The van der Waals surface area contributed by atoms with Gasteiger partial charge in [-0.05, 0) is 23.7 Å². The Bertz CT molecular complexity index is 145. The molecule has 1 nitrogen and oxygen atoms in total. The first-order valence-corrected chi connectivity index (χ1v) is 6.09. The second kappa shape index (κ2) is 6.68. The van der Waals surface area contributed by atoms with Crippen LogP contribution in [0.4, 0.5) is 0 Å². The molecule has 0 fully saturated rings. The molecule has 86 valence electrons. The summed E-state index contributed by atoms with van der Waals surface area (Å²) >= 11 is 5.99. The van der Waals surface area contributed by atoms with Crippen molar-refractivity contribution >= 4 is 11.6 Å². The van der Waals surface area contributed by atoms with Gasteiger partial charge in [0.2, 0.25) is 0 Å². The van der Waals surface area contributed by atoms with Crippen LogP contribution in [-0.4, -0.2) is 19.1 Å². The molecule has 0 rings (SSSR count). The molecular weight excluding hydrogens is 196 g/mol. The Morgan fingerprint density at radius 3 is 2.14 bits per heavy atom. The maximum absolute atomic E-state index is 5.99. The van der Waals surface area contributed by atoms with Gasteiger partial charge < -0.3 is 4.74 Å². The predicted molar refractivity (Wildman–Crippen MR) is 63.9 cm³/mol. The Kier molecular flexibility index (Phi) is 6.80. The lowest BCUT2D eigenvalue weighted by atomic mass is 9.78. The van der Waals surface area contributed by atoms with E-state index in [0.717, 1.165) is 25.5 Å². The van der Waals surface area contributed by atoms with Crippen LogP contribution in [0.25, 0.3) is 0 Å². The van der Waals surface area contributed by atoms with Crippen molar-refractivity contribution in [3.05, 3.63) is 0 Å². The van der Waals surface area contributed by atoms with Crippen LogP contribution in [0.3, 0.4) is 0 Å². The Morgan fingerprint density at radius 1 is 1.21 bits per heavy atom. The Labute approximate surface area is 94.2 Å². The van der Waals surface area contributed by atoms with Crippen molar-refractivity contribution in [1.82, 2.24) is 0 Å². The number of alkyl halides is 1. The number of hydrogen-bond donors (Lipinski definition) is 0. The molecule has 2 heteroatoms. The molecule has 0 aliphatic carbocycles. The molecular formula is C12H25ClO. The van der Waals surface area contributed by atoms with Crippen molar-refractivity contribution in [3.63, 3.8) is 0 Å². The quantitative estimate of drug-likeness (QED) is 0.466. The minimum absolute atomic E-state index is 0.221. The highest BCUT2D eigenvalue weighted by molar-refractivity contribution is 6.18. The highest BCUT2D eigenvalue weighted by Crippen LogP contribution is 2.32. The average molecular weight is 221 g/mol. The third-order valence-corrected chi connectivity index (χ3v) is 3.58. The van der Waals surface area contributed by atoms with E-state index < -0.39 is 0 Å². The third kappa shape index (κ3) is 5.21. The second-order valence-electron chi connectivity index (χ2n) is 5.16. The zero-order chi connectivity index (χ0) is 11.2. The first kappa shape index (κ1) is 14.2. The third-order valence-electron chi connectivity index (χ3n) is 2.97. The lowest BCUT2D eigenvalue weighted by Gasteiger charge is -2.31. The van der Waals surface area contributed by atoms with Crippen LogP contribution in [0.1, 0.15) is 41.0 Å². The smallest absolute Gasteiger partial charge is 0.0488 e. The van der Waals surface area contributed by atoms with Crippen molar-refractivity contribution in [1.29, 1.82) is 0 Å². The maximum Gasteiger partial charge on any atom is 0.0488 e. The zero-order valence-electron chi connectivity index (χ0n) is 10.3. The summed E-state index contributed by atoms with van der Waals surface area (Å²) < 4.78 is 5.58. The van der Waals surface area contributed by atoms with E-state index >= 15 is 0 Å². The highest BCUT2D eigenvalue weighted by Gasteiger charge is 2.26. The Balaban J connectivity index is 3.73. The fourth-order valence-corrected chi connectivity index (χ4v) is 1.58. The molecule has 0 aromatic rings. The monoisotopic (exact) mass is 220 g/mol. The molecule has 0 aliphatic rings. The van der Waals surface area contributed by atoms with Gasteiger partial charge in [0.25, 0.3) is 0 Å². The van der Waals surface area contributed by atoms with E-state index in [4.69, 9.17) is 16.3 Å². The normalized spacial score (nSPS) is 16.3. The predicted octanol–water partition coefficient (Wildman–Crippen LogP) is 3.95. The molecule has 0 radical (unpaired) electrons. The molecule has 0 heterocycles. The molecule has 0 aliphatic heterocycles. The number of rotatable bonds is 7. The van der Waals surface area contributed by atoms with Crippen molar-refractivity contribution in [2.75, 3.05) is 19.1 Å². The van der Waals surface area contributed by atoms with Crippen LogP contribution in [0.5, 0.6) is 0 Å². The van der Waals surface area contributed by atoms with E-state index in [1.165, 1.54) is 0 Å². The molecule has 1 atom stereocenters. The van der Waals surface area contributed by atoms with Gasteiger partial charge in [0.05, 0.1) is 0 Å². The van der Waals surface area contributed by atoms with Gasteiger partial charge >= 0.3 is 0 Å². The van der Waals surface area contributed by atoms with Gasteiger partial charge in [-0.15, -0.1) is 11.6 Å². The van der Waals surface area contributed by atoms with Crippen LogP contribution >= 0.6 is 11.6 Å². The first-order valence-electron chi connectivity index (χ1n) is 5.56. The topological polar surface area (TPSA) is 9.23 Å². The van der Waals surface area contributed by atoms with Gasteiger partial charge in [0.15, 0.2) is 0 Å². The molecule has 14 heavy (non-hydrogen) atoms. The molecule has 0 bridgehead atoms. The molecule has 1 unspecified atom stereocenters. The van der Waals surface area contributed by atoms with E-state index in [0.29, 0.717) is 11.8 Å². The summed E-state index contributed by atoms with van der Waals surface area (Å²) in [6.07, 6.45) is 1.06. The van der Waals surface area contributed by atoms with Crippen molar-refractivity contribution in [2.24, 2.45) is 17.3 Å². The SMILES string of the molecule is CC(C)COCCC(C)(CCl)C(C)C. The van der Waals surface area contributed by atoms with Gasteiger partial charge in [-0.1, -0.05) is 34.6 Å². The molecule has 0 aromatic carbocycles. The van der Waals surface area contributed by atoms with Gasteiger partial charge in [-0.2, -0.15) is 0 Å². The zero-order valence-corrected chi connectivity index (χ0v) is 11.0. The summed E-state index contributed by atoms with van der Waals surface area (Å²) in [5.74, 6) is 1.95. The number of ether oxygens (including phenoxy) is 1. The number of hydrogen-bond acceptors (Lipinski definition) is 1. The summed E-state index contributed by atoms with van der Waals surface area (Å²) in [4.78, 5) is 0. The average Bonchev–Trinajstić information content (AvgIpc) is 2.11. The molecule has 0 spiro atoms. The molecule has 0 amide bonds. The lowest BCUT2D eigenvalue weighted by Crippen LogP contribution is -2.27. The van der Waals surface area contributed by atoms with Crippen molar-refractivity contribution in [3.8, 4) is 0 Å². The fourth-order valence-electron chi connectivity index (χ4n) is 1.13. The van der Waals surface area contributed by atoms with E-state index in [1.54, 1.807) is 0 Å². The van der Waals surface area contributed by atoms with Crippen molar-refractivity contribution < 1.29 is 4.74 Å². The summed E-state index contributed by atoms with van der Waals surface area (Å²) in [7, 11) is 0. The van der Waals surface area contributed by atoms with Crippen LogP contribution in [0.2, 0.25) is 0 Å². The Morgan fingerprint density at radius 2 is 1.79 bits per heavy atom. The van der Waals surface area contributed by atoms with E-state index in [-0.39, 0.29) is 5.41 Å². The molecule has 0 saturated heterocycles. The second-order valence-corrected chi connectivity index (χ2v) is 5.43. The summed E-state index contributed by atoms with van der Waals surface area (Å²) in [6.45, 7) is 12.7. The first-order chi connectivity index (χ1) is 6.42. The van der Waals surface area contributed by atoms with Gasteiger partial charge in [0.1, 0.15) is 0 Å². The van der Waals surface area contributed by atoms with Gasteiger partial charge in [0, 0.05) is 19.1 Å². The van der Waals surface area contributed by atoms with Gasteiger partial charge in [-0.3, -0.25) is 0 Å². The standard InChI is InChI=1S/C12H25ClO/c1-10(2)8-14-7-6-12(5,9-13)11(3)4/h10-11H,6-9H2,1-5H3. The van der Waals surface area contributed by atoms with E-state index in [2.05, 4.69) is 34.6 Å². The molecule has 0 aromatic heterocycles. The summed E-state index contributed by atoms with van der Waals surface area (Å²) in [5, 5.41) is 0. The van der Waals surface area contributed by atoms with Gasteiger partial charge in [-0.25, -0.2) is 0 Å². The van der Waals surface area contributed by atoms with E-state index in [1.807, 2.05) is 0 Å². The Hall–Kier alpha value is 0.250. The molecule has 0 N–H and O–H groups in total. The van der Waals surface area contributed by atoms with Crippen LogP contribution in [-0.2, 0) is 4.74 Å². The molecule has 0 saturated carbocycles. The van der Waals surface area contributed by atoms with E-state index in [9.17, 15) is 0 Å².